The molecule has 3 N–H and O–H groups in total. The van der Waals surface area contributed by atoms with E-state index in [-0.39, 0.29) is 24.1 Å². The molecule has 2 amide bonds. The van der Waals surface area contributed by atoms with E-state index in [0.717, 1.165) is 23.4 Å². The second-order valence-corrected chi connectivity index (χ2v) is 6.84. The first kappa shape index (κ1) is 16.1. The molecule has 1 unspecified atom stereocenters. The van der Waals surface area contributed by atoms with Gasteiger partial charge in [0.2, 0.25) is 0 Å². The molecule has 0 aromatic heterocycles. The molecule has 0 fully saturated rings. The van der Waals surface area contributed by atoms with E-state index in [1.165, 1.54) is 5.56 Å². The number of aliphatic hydroxyl groups is 1. The lowest BCUT2D eigenvalue weighted by Crippen LogP contribution is -2.42. The highest BCUT2D eigenvalue weighted by Gasteiger charge is 2.25. The lowest BCUT2D eigenvalue weighted by Gasteiger charge is -2.24. The van der Waals surface area contributed by atoms with Gasteiger partial charge < -0.3 is 15.7 Å². The van der Waals surface area contributed by atoms with Gasteiger partial charge in [0.05, 0.1) is 6.04 Å². The maximum absolute atomic E-state index is 12.0. The van der Waals surface area contributed by atoms with Crippen LogP contribution in [0, 0.1) is 5.41 Å². The molecule has 0 spiro atoms. The Morgan fingerprint density at radius 1 is 1.48 bits per heavy atom. The standard InChI is InChI=1S/C16H23ClN2O2/c1-16(2,7-8-20)10-18-15(21)19-14-6-3-11-9-12(17)4-5-13(11)14/h4-5,9,14,20H,3,6-8,10H2,1-2H3,(H2,18,19,21). The largest absolute Gasteiger partial charge is 0.396 e. The molecule has 0 heterocycles. The van der Waals surface area contributed by atoms with Crippen LogP contribution < -0.4 is 10.6 Å². The molecule has 1 aromatic rings. The van der Waals surface area contributed by atoms with Crippen molar-refractivity contribution in [3.8, 4) is 0 Å². The van der Waals surface area contributed by atoms with Crippen LogP contribution in [0.4, 0.5) is 4.79 Å². The van der Waals surface area contributed by atoms with Gasteiger partial charge in [-0.2, -0.15) is 0 Å². The number of rotatable bonds is 5. The van der Waals surface area contributed by atoms with Gasteiger partial charge >= 0.3 is 6.03 Å². The maximum Gasteiger partial charge on any atom is 0.315 e. The highest BCUT2D eigenvalue weighted by molar-refractivity contribution is 6.30. The quantitative estimate of drug-likeness (QED) is 0.783. The van der Waals surface area contributed by atoms with Crippen molar-refractivity contribution in [2.75, 3.05) is 13.2 Å². The van der Waals surface area contributed by atoms with Gasteiger partial charge in [-0.25, -0.2) is 4.79 Å². The monoisotopic (exact) mass is 310 g/mol. The lowest BCUT2D eigenvalue weighted by atomic mass is 9.90. The molecule has 0 saturated heterocycles. The number of aliphatic hydroxyl groups excluding tert-OH is 1. The minimum atomic E-state index is -0.159. The van der Waals surface area contributed by atoms with E-state index in [1.54, 1.807) is 0 Å². The topological polar surface area (TPSA) is 61.4 Å². The summed E-state index contributed by atoms with van der Waals surface area (Å²) in [4.78, 5) is 12.0. The zero-order chi connectivity index (χ0) is 15.5. The van der Waals surface area contributed by atoms with Crippen molar-refractivity contribution in [3.63, 3.8) is 0 Å². The van der Waals surface area contributed by atoms with Gasteiger partial charge in [0.25, 0.3) is 0 Å². The minimum absolute atomic E-state index is 0.0539. The summed E-state index contributed by atoms with van der Waals surface area (Å²) < 4.78 is 0. The second kappa shape index (κ2) is 6.67. The molecule has 1 aliphatic carbocycles. The fourth-order valence-corrected chi connectivity index (χ4v) is 2.85. The summed E-state index contributed by atoms with van der Waals surface area (Å²) in [6.45, 7) is 4.72. The van der Waals surface area contributed by atoms with Gasteiger partial charge in [-0.1, -0.05) is 31.5 Å². The Morgan fingerprint density at radius 2 is 2.24 bits per heavy atom. The number of carbonyl (C=O) groups excluding carboxylic acids is 1. The van der Waals surface area contributed by atoms with E-state index in [2.05, 4.69) is 10.6 Å². The first-order valence-electron chi connectivity index (χ1n) is 7.35. The molecule has 0 aliphatic heterocycles. The molecule has 0 radical (unpaired) electrons. The molecule has 116 valence electrons. The summed E-state index contributed by atoms with van der Waals surface area (Å²) in [6, 6.07) is 5.72. The third-order valence-electron chi connectivity index (χ3n) is 4.00. The number of nitrogens with one attached hydrogen (secondary N) is 2. The smallest absolute Gasteiger partial charge is 0.315 e. The van der Waals surface area contributed by atoms with E-state index < -0.39 is 0 Å². The third-order valence-corrected chi connectivity index (χ3v) is 4.24. The van der Waals surface area contributed by atoms with E-state index in [0.29, 0.717) is 13.0 Å². The maximum atomic E-state index is 12.0. The van der Waals surface area contributed by atoms with Crippen LogP contribution in [-0.4, -0.2) is 24.3 Å². The third kappa shape index (κ3) is 4.35. The average Bonchev–Trinajstić information content (AvgIpc) is 2.79. The highest BCUT2D eigenvalue weighted by Crippen LogP contribution is 2.32. The first-order valence-corrected chi connectivity index (χ1v) is 7.73. The van der Waals surface area contributed by atoms with Crippen LogP contribution in [0.3, 0.4) is 0 Å². The van der Waals surface area contributed by atoms with Crippen LogP contribution in [-0.2, 0) is 6.42 Å². The normalized spacial score (nSPS) is 17.4. The molecule has 0 bridgehead atoms. The number of carbonyl (C=O) groups is 1. The fourth-order valence-electron chi connectivity index (χ4n) is 2.66. The molecular formula is C16H23ClN2O2. The highest BCUT2D eigenvalue weighted by atomic mass is 35.5. The molecule has 4 nitrogen and oxygen atoms in total. The Balaban J connectivity index is 1.88. The van der Waals surface area contributed by atoms with E-state index in [9.17, 15) is 4.79 Å². The number of urea groups is 1. The Hall–Kier alpha value is -1.26. The van der Waals surface area contributed by atoms with Crippen molar-refractivity contribution in [2.24, 2.45) is 5.41 Å². The zero-order valence-corrected chi connectivity index (χ0v) is 13.3. The van der Waals surface area contributed by atoms with Crippen LogP contribution in [0.2, 0.25) is 5.02 Å². The molecule has 21 heavy (non-hydrogen) atoms. The number of benzene rings is 1. The molecule has 5 heteroatoms. The van der Waals surface area contributed by atoms with Gasteiger partial charge in [-0.15, -0.1) is 0 Å². The first-order chi connectivity index (χ1) is 9.91. The zero-order valence-electron chi connectivity index (χ0n) is 12.6. The SMILES string of the molecule is CC(C)(CCO)CNC(=O)NC1CCc2cc(Cl)ccc21. The Morgan fingerprint density at radius 3 is 2.95 bits per heavy atom. The van der Waals surface area contributed by atoms with Crippen molar-refractivity contribution in [2.45, 2.75) is 39.2 Å². The molecule has 0 saturated carbocycles. The number of hydrogen-bond acceptors (Lipinski definition) is 2. The minimum Gasteiger partial charge on any atom is -0.396 e. The van der Waals surface area contributed by atoms with E-state index >= 15 is 0 Å². The Kier molecular flexibility index (Phi) is 5.12. The average molecular weight is 311 g/mol. The predicted molar refractivity (Wildman–Crippen MR) is 84.5 cm³/mol. The van der Waals surface area contributed by atoms with Crippen molar-refractivity contribution >= 4 is 17.6 Å². The number of halogens is 1. The number of hydrogen-bond donors (Lipinski definition) is 3. The molecule has 2 rings (SSSR count). The van der Waals surface area contributed by atoms with Gasteiger partial charge in [0, 0.05) is 18.2 Å². The van der Waals surface area contributed by atoms with Gasteiger partial charge in [-0.05, 0) is 47.9 Å². The van der Waals surface area contributed by atoms with Gasteiger partial charge in [0.1, 0.15) is 0 Å². The fraction of sp³-hybridized carbons (Fsp3) is 0.562. The Labute approximate surface area is 130 Å². The lowest BCUT2D eigenvalue weighted by molar-refractivity contribution is 0.200. The summed E-state index contributed by atoms with van der Waals surface area (Å²) in [7, 11) is 0. The van der Waals surface area contributed by atoms with Crippen molar-refractivity contribution in [1.82, 2.24) is 10.6 Å². The van der Waals surface area contributed by atoms with Crippen molar-refractivity contribution in [3.05, 3.63) is 34.3 Å². The summed E-state index contributed by atoms with van der Waals surface area (Å²) in [5, 5.41) is 15.6. The van der Waals surface area contributed by atoms with Crippen LogP contribution in [0.5, 0.6) is 0 Å². The van der Waals surface area contributed by atoms with Crippen molar-refractivity contribution in [1.29, 1.82) is 0 Å². The van der Waals surface area contributed by atoms with Crippen LogP contribution in [0.25, 0.3) is 0 Å². The second-order valence-electron chi connectivity index (χ2n) is 6.40. The van der Waals surface area contributed by atoms with Crippen LogP contribution in [0.1, 0.15) is 43.9 Å². The summed E-state index contributed by atoms with van der Waals surface area (Å²) in [6.07, 6.45) is 2.51. The molecular weight excluding hydrogens is 288 g/mol. The Bertz CT molecular complexity index is 517. The summed E-state index contributed by atoms with van der Waals surface area (Å²) in [5.74, 6) is 0. The van der Waals surface area contributed by atoms with E-state index in [1.807, 2.05) is 32.0 Å². The number of amides is 2. The summed E-state index contributed by atoms with van der Waals surface area (Å²) in [5.41, 5.74) is 2.27. The predicted octanol–water partition coefficient (Wildman–Crippen LogP) is 3.04. The van der Waals surface area contributed by atoms with Gasteiger partial charge in [-0.3, -0.25) is 0 Å². The van der Waals surface area contributed by atoms with E-state index in [4.69, 9.17) is 16.7 Å². The number of aryl methyl sites for hydroxylation is 1. The molecule has 1 atom stereocenters. The molecule has 1 aromatic carbocycles. The molecule has 1 aliphatic rings. The van der Waals surface area contributed by atoms with Crippen LogP contribution >= 0.6 is 11.6 Å². The van der Waals surface area contributed by atoms with Gasteiger partial charge in [0.15, 0.2) is 0 Å². The summed E-state index contributed by atoms with van der Waals surface area (Å²) >= 11 is 5.99. The number of fused-ring (bicyclic) bond motifs is 1. The van der Waals surface area contributed by atoms with Crippen molar-refractivity contribution < 1.29 is 9.90 Å². The van der Waals surface area contributed by atoms with Crippen LogP contribution in [0.15, 0.2) is 18.2 Å².